The number of nitrogens with zero attached hydrogens (tertiary/aromatic N) is 6. The number of pyridine rings is 1. The number of nitriles is 2. The molecule has 1 aliphatic heterocycles. The third-order valence-corrected chi connectivity index (χ3v) is 8.08. The van der Waals surface area contributed by atoms with Crippen molar-refractivity contribution in [1.29, 1.82) is 10.5 Å². The second-order valence-corrected chi connectivity index (χ2v) is 11.1. The minimum absolute atomic E-state index is 0.0258. The Balaban J connectivity index is 1.09. The Morgan fingerprint density at radius 2 is 1.89 bits per heavy atom. The smallest absolute Gasteiger partial charge is 0.335 e. The monoisotopic (exact) mass is 610 g/mol. The van der Waals surface area contributed by atoms with Gasteiger partial charge in [-0.3, -0.25) is 4.90 Å². The predicted octanol–water partition coefficient (Wildman–Crippen LogP) is 5.37. The van der Waals surface area contributed by atoms with Crippen molar-refractivity contribution < 1.29 is 28.2 Å². The molecule has 2 aliphatic rings. The van der Waals surface area contributed by atoms with Gasteiger partial charge in [0.2, 0.25) is 5.88 Å². The molecular weight excluding hydrogens is 582 g/mol. The zero-order valence-electron chi connectivity index (χ0n) is 24.1. The Labute approximate surface area is 257 Å². The molecular formula is C33H28F2N6O4. The van der Waals surface area contributed by atoms with Gasteiger partial charge in [-0.2, -0.15) is 10.5 Å². The molecule has 2 aromatic heterocycles. The van der Waals surface area contributed by atoms with E-state index in [4.69, 9.17) is 25.0 Å². The maximum Gasteiger partial charge on any atom is 0.335 e. The lowest BCUT2D eigenvalue weighted by Crippen LogP contribution is -2.38. The first kappa shape index (κ1) is 29.7. The number of benzene rings is 2. The summed E-state index contributed by atoms with van der Waals surface area (Å²) >= 11 is 0. The number of ether oxygens (including phenoxy) is 2. The first-order valence-electron chi connectivity index (χ1n) is 14.5. The zero-order chi connectivity index (χ0) is 31.5. The summed E-state index contributed by atoms with van der Waals surface area (Å²) in [7, 11) is 0. The Hall–Kier alpha value is -5.33. The van der Waals surface area contributed by atoms with E-state index in [1.165, 1.54) is 24.3 Å². The molecule has 2 fully saturated rings. The Morgan fingerprint density at radius 3 is 2.62 bits per heavy atom. The third kappa shape index (κ3) is 6.77. The number of piperidine rings is 1. The first-order valence-corrected chi connectivity index (χ1v) is 14.5. The molecule has 45 heavy (non-hydrogen) atoms. The van der Waals surface area contributed by atoms with Crippen LogP contribution in [0.1, 0.15) is 46.7 Å². The molecule has 0 amide bonds. The van der Waals surface area contributed by atoms with Gasteiger partial charge < -0.3 is 19.1 Å². The number of carboxylic acids is 1. The SMILES string of the molecule is N#CC=C1CC1Cn1c(CN2CCC(Oc3ccc(F)c(COc4ccc(C#N)cc4F)n3)CC2)nc2ccc(C(=O)O)cc21. The van der Waals surface area contributed by atoms with Crippen molar-refractivity contribution in [2.24, 2.45) is 5.92 Å². The van der Waals surface area contributed by atoms with Crippen molar-refractivity contribution in [3.8, 4) is 23.8 Å². The molecule has 0 bridgehead atoms. The van der Waals surface area contributed by atoms with Gasteiger partial charge in [0.15, 0.2) is 11.6 Å². The summed E-state index contributed by atoms with van der Waals surface area (Å²) in [5.74, 6) is -1.13. The van der Waals surface area contributed by atoms with Crippen molar-refractivity contribution in [3.05, 3.63) is 94.5 Å². The second-order valence-electron chi connectivity index (χ2n) is 11.1. The number of rotatable bonds is 10. The van der Waals surface area contributed by atoms with Gasteiger partial charge >= 0.3 is 5.97 Å². The highest BCUT2D eigenvalue weighted by Gasteiger charge is 2.32. The van der Waals surface area contributed by atoms with Crippen LogP contribution in [0.3, 0.4) is 0 Å². The van der Waals surface area contributed by atoms with Gasteiger partial charge in [-0.1, -0.05) is 5.57 Å². The van der Waals surface area contributed by atoms with E-state index < -0.39 is 17.6 Å². The number of carboxylic acid groups (broad SMARTS) is 1. The summed E-state index contributed by atoms with van der Waals surface area (Å²) in [5.41, 5.74) is 2.90. The van der Waals surface area contributed by atoms with E-state index in [0.717, 1.165) is 34.9 Å². The molecule has 1 aliphatic carbocycles. The number of aromatic carboxylic acids is 1. The summed E-state index contributed by atoms with van der Waals surface area (Å²) in [6.07, 6.45) is 3.67. The quantitative estimate of drug-likeness (QED) is 0.235. The third-order valence-electron chi connectivity index (χ3n) is 8.08. The molecule has 1 saturated carbocycles. The molecule has 3 heterocycles. The van der Waals surface area contributed by atoms with Crippen LogP contribution >= 0.6 is 0 Å². The van der Waals surface area contributed by atoms with E-state index in [2.05, 4.69) is 20.5 Å². The molecule has 6 rings (SSSR count). The summed E-state index contributed by atoms with van der Waals surface area (Å²) in [5, 5.41) is 27.4. The van der Waals surface area contributed by atoms with E-state index in [-0.39, 0.29) is 47.1 Å². The van der Waals surface area contributed by atoms with Crippen LogP contribution in [0.5, 0.6) is 11.6 Å². The lowest BCUT2D eigenvalue weighted by atomic mass is 10.1. The van der Waals surface area contributed by atoms with Gasteiger partial charge in [-0.05, 0) is 61.7 Å². The van der Waals surface area contributed by atoms with Crippen LogP contribution in [0.4, 0.5) is 8.78 Å². The maximum absolute atomic E-state index is 14.4. The van der Waals surface area contributed by atoms with E-state index in [1.54, 1.807) is 24.3 Å². The van der Waals surface area contributed by atoms with Crippen molar-refractivity contribution in [2.75, 3.05) is 13.1 Å². The van der Waals surface area contributed by atoms with Gasteiger partial charge in [0.25, 0.3) is 0 Å². The molecule has 228 valence electrons. The molecule has 0 spiro atoms. The molecule has 1 atom stereocenters. The normalized spacial score (nSPS) is 17.6. The average molecular weight is 611 g/mol. The Morgan fingerprint density at radius 1 is 1.07 bits per heavy atom. The number of hydrogen-bond acceptors (Lipinski definition) is 8. The molecule has 10 nitrogen and oxygen atoms in total. The van der Waals surface area contributed by atoms with Crippen molar-refractivity contribution >= 4 is 17.0 Å². The van der Waals surface area contributed by atoms with Crippen LogP contribution in [-0.4, -0.2) is 49.7 Å². The van der Waals surface area contributed by atoms with Gasteiger partial charge in [-0.15, -0.1) is 0 Å². The molecule has 1 N–H and O–H groups in total. The summed E-state index contributed by atoms with van der Waals surface area (Å²) in [4.78, 5) is 23.0. The summed E-state index contributed by atoms with van der Waals surface area (Å²) in [6.45, 7) is 2.31. The Bertz CT molecular complexity index is 1880. The second kappa shape index (κ2) is 12.7. The van der Waals surface area contributed by atoms with Gasteiger partial charge in [-0.25, -0.2) is 23.5 Å². The summed E-state index contributed by atoms with van der Waals surface area (Å²) < 4.78 is 42.2. The van der Waals surface area contributed by atoms with E-state index in [0.29, 0.717) is 39.0 Å². The van der Waals surface area contributed by atoms with Crippen LogP contribution < -0.4 is 9.47 Å². The van der Waals surface area contributed by atoms with Crippen LogP contribution in [0.25, 0.3) is 11.0 Å². The van der Waals surface area contributed by atoms with Gasteiger partial charge in [0.05, 0.1) is 40.8 Å². The summed E-state index contributed by atoms with van der Waals surface area (Å²) in [6, 6.07) is 15.3. The molecule has 1 unspecified atom stereocenters. The number of halogens is 2. The highest BCUT2D eigenvalue weighted by atomic mass is 19.1. The topological polar surface area (TPSA) is 137 Å². The van der Waals surface area contributed by atoms with E-state index in [1.807, 2.05) is 6.07 Å². The molecule has 2 aromatic carbocycles. The molecule has 1 saturated heterocycles. The maximum atomic E-state index is 14.4. The van der Waals surface area contributed by atoms with Gasteiger partial charge in [0.1, 0.15) is 30.0 Å². The lowest BCUT2D eigenvalue weighted by Gasteiger charge is -2.31. The lowest BCUT2D eigenvalue weighted by molar-refractivity contribution is 0.0697. The first-order chi connectivity index (χ1) is 21.8. The van der Waals surface area contributed by atoms with Crippen LogP contribution in [0, 0.1) is 40.2 Å². The fraction of sp³-hybridized carbons (Fsp3) is 0.303. The van der Waals surface area contributed by atoms with Crippen molar-refractivity contribution in [1.82, 2.24) is 19.4 Å². The average Bonchev–Trinajstić information content (AvgIpc) is 3.69. The standard InChI is InChI=1S/C33H28F2N6O4/c34-25-3-6-32(39-28(25)19-44-30-5-1-20(16-37)13-26(30)35)45-24-8-11-40(12-9-24)18-31-38-27-4-2-22(33(42)43)15-29(27)41(31)17-23-14-21(23)7-10-36/h1-7,13,15,23-24H,8-9,11-12,14,17-19H2,(H,42,43). The highest BCUT2D eigenvalue weighted by molar-refractivity contribution is 5.92. The minimum atomic E-state index is -1.000. The fourth-order valence-corrected chi connectivity index (χ4v) is 5.54. The van der Waals surface area contributed by atoms with Crippen molar-refractivity contribution in [3.63, 3.8) is 0 Å². The largest absolute Gasteiger partial charge is 0.484 e. The van der Waals surface area contributed by atoms with Crippen LogP contribution in [-0.2, 0) is 19.7 Å². The number of imidazole rings is 1. The van der Waals surface area contributed by atoms with Crippen molar-refractivity contribution in [2.45, 2.75) is 45.1 Å². The number of aromatic nitrogens is 3. The molecule has 4 aromatic rings. The van der Waals surface area contributed by atoms with E-state index in [9.17, 15) is 18.7 Å². The Kier molecular flexibility index (Phi) is 8.41. The fourth-order valence-electron chi connectivity index (χ4n) is 5.54. The number of fused-ring (bicyclic) bond motifs is 1. The van der Waals surface area contributed by atoms with Gasteiger partial charge in [0, 0.05) is 37.7 Å². The zero-order valence-corrected chi connectivity index (χ0v) is 24.1. The predicted molar refractivity (Wildman–Crippen MR) is 157 cm³/mol. The highest BCUT2D eigenvalue weighted by Crippen LogP contribution is 2.40. The number of hydrogen-bond donors (Lipinski definition) is 1. The van der Waals surface area contributed by atoms with Crippen LogP contribution in [0.15, 0.2) is 60.2 Å². The number of likely N-dealkylation sites (tertiary alicyclic amines) is 1. The number of carbonyl (C=O) groups is 1. The number of allylic oxidation sites excluding steroid dienone is 2. The van der Waals surface area contributed by atoms with Crippen LogP contribution in [0.2, 0.25) is 0 Å². The van der Waals surface area contributed by atoms with E-state index >= 15 is 0 Å². The molecule has 0 radical (unpaired) electrons. The molecule has 12 heteroatoms. The minimum Gasteiger partial charge on any atom is -0.484 e.